The van der Waals surface area contributed by atoms with Crippen LogP contribution >= 0.6 is 11.6 Å². The second kappa shape index (κ2) is 12.1. The number of nitrogens with zero attached hydrogens (tertiary/aromatic N) is 3. The largest absolute Gasteiger partial charge is 0.489 e. The summed E-state index contributed by atoms with van der Waals surface area (Å²) in [6.45, 7) is 0.376. The monoisotopic (exact) mass is 602 g/mol. The SMILES string of the molecule is CS(=O)(=O)N(C(=O)c1cn2cc(-c3ccc(Cl)cc3)ccc2n1)[C@@H](Cc1ccc(OCc2ccccc2)cc1)C(N)=O. The Morgan fingerprint density at radius 1 is 0.905 bits per heavy atom. The highest BCUT2D eigenvalue weighted by Gasteiger charge is 2.37. The molecular weight excluding hydrogens is 576 g/mol. The Labute approximate surface area is 248 Å². The lowest BCUT2D eigenvalue weighted by atomic mass is 10.0. The molecule has 0 aliphatic rings. The smallest absolute Gasteiger partial charge is 0.288 e. The van der Waals surface area contributed by atoms with Gasteiger partial charge in [0.2, 0.25) is 15.9 Å². The van der Waals surface area contributed by atoms with Gasteiger partial charge in [-0.15, -0.1) is 0 Å². The topological polar surface area (TPSA) is 124 Å². The van der Waals surface area contributed by atoms with Crippen LogP contribution in [-0.2, 0) is 27.8 Å². The number of ether oxygens (including phenoxy) is 1. The normalized spacial score (nSPS) is 12.1. The van der Waals surface area contributed by atoms with Gasteiger partial charge in [0.15, 0.2) is 0 Å². The number of amides is 2. The lowest BCUT2D eigenvalue weighted by Gasteiger charge is -2.27. The lowest BCUT2D eigenvalue weighted by molar-refractivity contribution is -0.121. The van der Waals surface area contributed by atoms with Gasteiger partial charge in [-0.3, -0.25) is 9.59 Å². The number of hydrogen-bond acceptors (Lipinski definition) is 6. The van der Waals surface area contributed by atoms with E-state index in [1.54, 1.807) is 53.1 Å². The summed E-state index contributed by atoms with van der Waals surface area (Å²) in [5.74, 6) is -1.33. The molecule has 0 fully saturated rings. The summed E-state index contributed by atoms with van der Waals surface area (Å²) in [7, 11) is -4.22. The second-order valence-electron chi connectivity index (χ2n) is 9.72. The van der Waals surface area contributed by atoms with E-state index in [1.165, 1.54) is 6.20 Å². The number of carbonyl (C=O) groups is 2. The van der Waals surface area contributed by atoms with Crippen LogP contribution in [0.15, 0.2) is 103 Å². The van der Waals surface area contributed by atoms with Crippen molar-refractivity contribution < 1.29 is 22.7 Å². The van der Waals surface area contributed by atoms with Crippen molar-refractivity contribution in [1.82, 2.24) is 13.7 Å². The number of imidazole rings is 1. The summed E-state index contributed by atoms with van der Waals surface area (Å²) in [4.78, 5) is 30.5. The summed E-state index contributed by atoms with van der Waals surface area (Å²) < 4.78 is 33.7. The van der Waals surface area contributed by atoms with Crippen LogP contribution < -0.4 is 10.5 Å². The van der Waals surface area contributed by atoms with E-state index in [2.05, 4.69) is 4.98 Å². The molecule has 0 aliphatic carbocycles. The minimum absolute atomic E-state index is 0.124. The highest BCUT2D eigenvalue weighted by Crippen LogP contribution is 2.24. The molecule has 0 bridgehead atoms. The number of primary amides is 1. The van der Waals surface area contributed by atoms with E-state index in [0.29, 0.717) is 32.9 Å². The van der Waals surface area contributed by atoms with Crippen molar-refractivity contribution >= 4 is 39.1 Å². The molecule has 0 saturated carbocycles. The minimum Gasteiger partial charge on any atom is -0.489 e. The molecule has 0 unspecified atom stereocenters. The van der Waals surface area contributed by atoms with Crippen LogP contribution in [0.3, 0.4) is 0 Å². The maximum Gasteiger partial charge on any atom is 0.288 e. The van der Waals surface area contributed by atoms with Gasteiger partial charge in [-0.2, -0.15) is 0 Å². The van der Waals surface area contributed by atoms with E-state index >= 15 is 0 Å². The van der Waals surface area contributed by atoms with Gasteiger partial charge in [-0.1, -0.05) is 66.2 Å². The average molecular weight is 603 g/mol. The van der Waals surface area contributed by atoms with Crippen molar-refractivity contribution in [1.29, 1.82) is 0 Å². The van der Waals surface area contributed by atoms with E-state index in [0.717, 1.165) is 22.9 Å². The molecule has 5 aromatic rings. The number of fused-ring (bicyclic) bond motifs is 1. The number of benzene rings is 3. The number of rotatable bonds is 10. The molecule has 11 heteroatoms. The fraction of sp³-hybridized carbons (Fsp3) is 0.129. The van der Waals surface area contributed by atoms with E-state index < -0.39 is 27.9 Å². The molecule has 214 valence electrons. The predicted octanol–water partition coefficient (Wildman–Crippen LogP) is 4.73. The first-order valence-corrected chi connectivity index (χ1v) is 15.1. The highest BCUT2D eigenvalue weighted by atomic mass is 35.5. The van der Waals surface area contributed by atoms with Gasteiger partial charge in [0.05, 0.1) is 6.26 Å². The van der Waals surface area contributed by atoms with Crippen LogP contribution in [0.4, 0.5) is 0 Å². The van der Waals surface area contributed by atoms with Crippen molar-refractivity contribution in [3.8, 4) is 16.9 Å². The third-order valence-electron chi connectivity index (χ3n) is 6.62. The molecule has 2 aromatic heterocycles. The van der Waals surface area contributed by atoms with Crippen LogP contribution in [0.5, 0.6) is 5.75 Å². The van der Waals surface area contributed by atoms with E-state index in [9.17, 15) is 18.0 Å². The molecule has 3 aromatic carbocycles. The van der Waals surface area contributed by atoms with Crippen molar-refractivity contribution in [3.05, 3.63) is 125 Å². The van der Waals surface area contributed by atoms with Gasteiger partial charge in [-0.05, 0) is 58.7 Å². The van der Waals surface area contributed by atoms with Crippen LogP contribution in [0.2, 0.25) is 5.02 Å². The number of halogens is 1. The van der Waals surface area contributed by atoms with Crippen molar-refractivity contribution in [2.45, 2.75) is 19.1 Å². The Balaban J connectivity index is 1.38. The van der Waals surface area contributed by atoms with E-state index in [1.807, 2.05) is 48.5 Å². The Morgan fingerprint density at radius 3 is 2.21 bits per heavy atom. The van der Waals surface area contributed by atoms with Gasteiger partial charge in [0.1, 0.15) is 29.7 Å². The van der Waals surface area contributed by atoms with Crippen molar-refractivity contribution in [2.75, 3.05) is 6.26 Å². The predicted molar refractivity (Wildman–Crippen MR) is 161 cm³/mol. The Kier molecular flexibility index (Phi) is 8.28. The summed E-state index contributed by atoms with van der Waals surface area (Å²) in [5, 5.41) is 0.604. The maximum atomic E-state index is 13.6. The highest BCUT2D eigenvalue weighted by molar-refractivity contribution is 7.89. The number of nitrogens with two attached hydrogens (primary N) is 1. The first-order chi connectivity index (χ1) is 20.1. The summed E-state index contributed by atoms with van der Waals surface area (Å²) in [6, 6.07) is 25.8. The lowest BCUT2D eigenvalue weighted by Crippen LogP contribution is -2.51. The fourth-order valence-corrected chi connectivity index (χ4v) is 5.69. The van der Waals surface area contributed by atoms with Gasteiger partial charge in [-0.25, -0.2) is 17.7 Å². The number of carbonyl (C=O) groups excluding carboxylic acids is 2. The van der Waals surface area contributed by atoms with Crippen LogP contribution in [0.1, 0.15) is 21.6 Å². The van der Waals surface area contributed by atoms with Crippen LogP contribution in [0, 0.1) is 0 Å². The number of pyridine rings is 1. The Hall–Kier alpha value is -4.67. The van der Waals surface area contributed by atoms with E-state index in [4.69, 9.17) is 22.1 Å². The molecule has 0 spiro atoms. The maximum absolute atomic E-state index is 13.6. The molecule has 9 nitrogen and oxygen atoms in total. The first kappa shape index (κ1) is 28.8. The molecule has 0 saturated heterocycles. The molecule has 2 N–H and O–H groups in total. The van der Waals surface area contributed by atoms with Gasteiger partial charge >= 0.3 is 0 Å². The Morgan fingerprint density at radius 2 is 1.57 bits per heavy atom. The molecule has 1 atom stereocenters. The zero-order chi connectivity index (χ0) is 29.9. The average Bonchev–Trinajstić information content (AvgIpc) is 3.40. The summed E-state index contributed by atoms with van der Waals surface area (Å²) in [5.41, 5.74) is 9.25. The molecule has 0 radical (unpaired) electrons. The number of aromatic nitrogens is 2. The Bertz CT molecular complexity index is 1840. The second-order valence-corrected chi connectivity index (χ2v) is 12.0. The van der Waals surface area contributed by atoms with E-state index in [-0.39, 0.29) is 12.1 Å². The fourth-order valence-electron chi connectivity index (χ4n) is 4.53. The van der Waals surface area contributed by atoms with Crippen LogP contribution in [0.25, 0.3) is 16.8 Å². The number of hydrogen-bond donors (Lipinski definition) is 1. The number of sulfonamides is 1. The van der Waals surface area contributed by atoms with Gasteiger partial charge in [0.25, 0.3) is 5.91 Å². The standard InChI is InChI=1S/C31H27ClN4O5S/c1-42(39,40)36(28(30(33)37)17-21-7-14-26(15-8-21)41-20-22-5-3-2-4-6-22)31(38)27-19-35-18-24(11-16-29(35)34-27)23-9-12-25(32)13-10-23/h2-16,18-19,28H,17,20H2,1H3,(H2,33,37)/t28-/m0/s1. The molecule has 5 rings (SSSR count). The van der Waals surface area contributed by atoms with Crippen molar-refractivity contribution in [2.24, 2.45) is 5.73 Å². The minimum atomic E-state index is -4.22. The van der Waals surface area contributed by atoms with Gasteiger partial charge in [0, 0.05) is 23.8 Å². The summed E-state index contributed by atoms with van der Waals surface area (Å²) in [6.07, 6.45) is 3.92. The molecule has 0 aliphatic heterocycles. The molecule has 2 heterocycles. The molecule has 2 amide bonds. The zero-order valence-electron chi connectivity index (χ0n) is 22.6. The van der Waals surface area contributed by atoms with Crippen molar-refractivity contribution in [3.63, 3.8) is 0 Å². The summed E-state index contributed by atoms with van der Waals surface area (Å²) >= 11 is 5.99. The third kappa shape index (κ3) is 6.62. The first-order valence-electron chi connectivity index (χ1n) is 12.9. The van der Waals surface area contributed by atoms with Crippen LogP contribution in [-0.4, -0.2) is 46.2 Å². The molecule has 42 heavy (non-hydrogen) atoms. The van der Waals surface area contributed by atoms with Gasteiger partial charge < -0.3 is 14.9 Å². The molecular formula is C31H27ClN4O5S. The third-order valence-corrected chi connectivity index (χ3v) is 8.00. The zero-order valence-corrected chi connectivity index (χ0v) is 24.1. The quantitative estimate of drug-likeness (QED) is 0.246.